The minimum absolute atomic E-state index is 0.0112. The van der Waals surface area contributed by atoms with E-state index in [0.29, 0.717) is 20.2 Å². The largest absolute Gasteiger partial charge is 0.466 e. The quantitative estimate of drug-likeness (QED) is 0.420. The van der Waals surface area contributed by atoms with Gasteiger partial charge in [0.2, 0.25) is 0 Å². The topological polar surface area (TPSA) is 106 Å². The molecule has 3 rings (SSSR count). The molecule has 0 amide bonds. The summed E-state index contributed by atoms with van der Waals surface area (Å²) in [7, 11) is 2.44. The van der Waals surface area contributed by atoms with Crippen LogP contribution < -0.4 is 10.6 Å². The van der Waals surface area contributed by atoms with E-state index < -0.39 is 17.9 Å². The highest BCUT2D eigenvalue weighted by Gasteiger charge is 2.43. The SMILES string of the molecule is CCCCc1cc(Br)c(N2C(N)=C(C#N)C(c3ccccc3)C(C(=O)OC)=C2C(=O)OC)c(Br)c1. The summed E-state index contributed by atoms with van der Waals surface area (Å²) < 4.78 is 11.4. The molecule has 182 valence electrons. The second-order valence-corrected chi connectivity index (χ2v) is 9.56. The van der Waals surface area contributed by atoms with E-state index in [1.165, 1.54) is 19.1 Å². The third-order valence-electron chi connectivity index (χ3n) is 5.73. The number of benzene rings is 2. The molecule has 35 heavy (non-hydrogen) atoms. The van der Waals surface area contributed by atoms with Crippen molar-refractivity contribution < 1.29 is 19.1 Å². The second kappa shape index (κ2) is 11.6. The highest BCUT2D eigenvalue weighted by atomic mass is 79.9. The standard InChI is InChI=1S/C26H25Br2N3O4/c1-4-5-9-15-12-18(27)22(19(28)13-15)31-23(26(33)35-3)21(25(32)34-2)20(17(14-29)24(31)30)16-10-7-6-8-11-16/h6-8,10-13,20H,4-5,9,30H2,1-3H3. The number of nitriles is 1. The van der Waals surface area contributed by atoms with Crippen LogP contribution in [0.5, 0.6) is 0 Å². The van der Waals surface area contributed by atoms with Gasteiger partial charge < -0.3 is 15.2 Å². The van der Waals surface area contributed by atoms with Gasteiger partial charge in [-0.3, -0.25) is 4.90 Å². The summed E-state index contributed by atoms with van der Waals surface area (Å²) in [6, 6.07) is 14.9. The van der Waals surface area contributed by atoms with E-state index in [4.69, 9.17) is 15.2 Å². The second-order valence-electron chi connectivity index (χ2n) is 7.85. The number of unbranched alkanes of at least 4 members (excludes halogenated alkanes) is 1. The monoisotopic (exact) mass is 601 g/mol. The maximum atomic E-state index is 13.2. The van der Waals surface area contributed by atoms with Gasteiger partial charge in [-0.2, -0.15) is 5.26 Å². The molecule has 7 nitrogen and oxygen atoms in total. The van der Waals surface area contributed by atoms with Crippen LogP contribution in [0.15, 0.2) is 74.1 Å². The Balaban J connectivity index is 2.39. The molecule has 1 atom stereocenters. The van der Waals surface area contributed by atoms with Crippen LogP contribution in [0.1, 0.15) is 36.8 Å². The van der Waals surface area contributed by atoms with E-state index in [2.05, 4.69) is 44.9 Å². The fourth-order valence-corrected chi connectivity index (χ4v) is 5.74. The summed E-state index contributed by atoms with van der Waals surface area (Å²) in [6.07, 6.45) is 2.93. The van der Waals surface area contributed by atoms with Crippen LogP contribution in [0, 0.1) is 11.3 Å². The van der Waals surface area contributed by atoms with Crippen LogP contribution in [-0.2, 0) is 25.5 Å². The molecule has 0 saturated carbocycles. The molecule has 0 saturated heterocycles. The number of anilines is 1. The van der Waals surface area contributed by atoms with E-state index >= 15 is 0 Å². The number of halogens is 2. The van der Waals surface area contributed by atoms with Crippen molar-refractivity contribution in [2.45, 2.75) is 32.1 Å². The summed E-state index contributed by atoms with van der Waals surface area (Å²) in [4.78, 5) is 27.7. The third-order valence-corrected chi connectivity index (χ3v) is 6.94. The minimum Gasteiger partial charge on any atom is -0.466 e. The molecule has 2 aromatic rings. The first-order valence-electron chi connectivity index (χ1n) is 10.9. The number of carbonyl (C=O) groups excluding carboxylic acids is 2. The lowest BCUT2D eigenvalue weighted by atomic mass is 9.81. The minimum atomic E-state index is -0.916. The lowest BCUT2D eigenvalue weighted by Gasteiger charge is -2.36. The van der Waals surface area contributed by atoms with Gasteiger partial charge in [0.25, 0.3) is 0 Å². The third kappa shape index (κ3) is 5.14. The van der Waals surface area contributed by atoms with Gasteiger partial charge in [-0.05, 0) is 68.0 Å². The van der Waals surface area contributed by atoms with Crippen molar-refractivity contribution in [1.29, 1.82) is 5.26 Å². The Hall–Kier alpha value is -3.09. The molecule has 1 aliphatic heterocycles. The summed E-state index contributed by atoms with van der Waals surface area (Å²) in [5.41, 5.74) is 8.69. The van der Waals surface area contributed by atoms with E-state index in [-0.39, 0.29) is 22.7 Å². The molecular weight excluding hydrogens is 578 g/mol. The van der Waals surface area contributed by atoms with Crippen molar-refractivity contribution in [3.63, 3.8) is 0 Å². The Labute approximate surface area is 221 Å². The number of esters is 2. The number of methoxy groups -OCH3 is 2. The van der Waals surface area contributed by atoms with Crippen LogP contribution in [-0.4, -0.2) is 26.2 Å². The molecule has 1 unspecified atom stereocenters. The van der Waals surface area contributed by atoms with E-state index in [1.807, 2.05) is 18.2 Å². The predicted octanol–water partition coefficient (Wildman–Crippen LogP) is 5.45. The molecule has 9 heteroatoms. The lowest BCUT2D eigenvalue weighted by molar-refractivity contribution is -0.139. The zero-order valence-corrected chi connectivity index (χ0v) is 22.8. The Morgan fingerprint density at radius 1 is 1.09 bits per heavy atom. The normalized spacial score (nSPS) is 15.7. The average Bonchev–Trinajstić information content (AvgIpc) is 2.86. The first-order valence-corrected chi connectivity index (χ1v) is 12.5. The summed E-state index contributed by atoms with van der Waals surface area (Å²) in [6.45, 7) is 2.12. The predicted molar refractivity (Wildman–Crippen MR) is 140 cm³/mol. The Morgan fingerprint density at radius 2 is 1.69 bits per heavy atom. The highest BCUT2D eigenvalue weighted by Crippen LogP contribution is 2.47. The number of aryl methyl sites for hydroxylation is 1. The molecule has 1 aliphatic rings. The average molecular weight is 603 g/mol. The van der Waals surface area contributed by atoms with Crippen LogP contribution in [0.2, 0.25) is 0 Å². The maximum absolute atomic E-state index is 13.2. The van der Waals surface area contributed by atoms with Gasteiger partial charge >= 0.3 is 11.9 Å². The van der Waals surface area contributed by atoms with Gasteiger partial charge in [-0.1, -0.05) is 43.7 Å². The van der Waals surface area contributed by atoms with E-state index in [1.54, 1.807) is 24.3 Å². The molecule has 2 N–H and O–H groups in total. The number of ether oxygens (including phenoxy) is 2. The highest BCUT2D eigenvalue weighted by molar-refractivity contribution is 9.11. The summed E-state index contributed by atoms with van der Waals surface area (Å²) in [5.74, 6) is -2.46. The van der Waals surface area contributed by atoms with Gasteiger partial charge in [0.1, 0.15) is 11.5 Å². The van der Waals surface area contributed by atoms with Gasteiger partial charge in [-0.15, -0.1) is 0 Å². The Morgan fingerprint density at radius 3 is 2.20 bits per heavy atom. The van der Waals surface area contributed by atoms with Crippen LogP contribution in [0.4, 0.5) is 5.69 Å². The number of rotatable bonds is 7. The summed E-state index contributed by atoms with van der Waals surface area (Å²) >= 11 is 7.21. The Bertz CT molecular complexity index is 1230. The van der Waals surface area contributed by atoms with Gasteiger partial charge in [0, 0.05) is 8.95 Å². The number of carbonyl (C=O) groups is 2. The zero-order chi connectivity index (χ0) is 25.7. The van der Waals surface area contributed by atoms with Gasteiger partial charge in [0.05, 0.1) is 43.0 Å². The van der Waals surface area contributed by atoms with E-state index in [9.17, 15) is 14.9 Å². The van der Waals surface area contributed by atoms with Crippen molar-refractivity contribution in [3.05, 3.63) is 85.2 Å². The molecule has 2 aromatic carbocycles. The smallest absolute Gasteiger partial charge is 0.355 e. The van der Waals surface area contributed by atoms with Crippen molar-refractivity contribution in [2.75, 3.05) is 19.1 Å². The molecule has 0 spiro atoms. The van der Waals surface area contributed by atoms with Crippen molar-refractivity contribution in [3.8, 4) is 6.07 Å². The first kappa shape index (κ1) is 26.5. The van der Waals surface area contributed by atoms with Gasteiger partial charge in [0.15, 0.2) is 0 Å². The van der Waals surface area contributed by atoms with Crippen LogP contribution in [0.25, 0.3) is 0 Å². The van der Waals surface area contributed by atoms with Crippen molar-refractivity contribution in [1.82, 2.24) is 0 Å². The van der Waals surface area contributed by atoms with Gasteiger partial charge in [-0.25, -0.2) is 9.59 Å². The number of allylic oxidation sites excluding steroid dienone is 1. The lowest BCUT2D eigenvalue weighted by Crippen LogP contribution is -2.41. The van der Waals surface area contributed by atoms with Crippen molar-refractivity contribution >= 4 is 49.5 Å². The number of hydrogen-bond acceptors (Lipinski definition) is 7. The molecule has 0 fully saturated rings. The molecule has 1 heterocycles. The first-order chi connectivity index (χ1) is 16.8. The molecule has 0 radical (unpaired) electrons. The van der Waals surface area contributed by atoms with Crippen LogP contribution in [0.3, 0.4) is 0 Å². The zero-order valence-electron chi connectivity index (χ0n) is 19.6. The fraction of sp³-hybridized carbons (Fsp3) is 0.269. The summed E-state index contributed by atoms with van der Waals surface area (Å²) in [5, 5.41) is 10.2. The molecule has 0 bridgehead atoms. The number of hydrogen-bond donors (Lipinski definition) is 1. The van der Waals surface area contributed by atoms with E-state index in [0.717, 1.165) is 24.8 Å². The molecule has 0 aliphatic carbocycles. The number of nitrogens with two attached hydrogens (primary N) is 1. The molecule has 0 aromatic heterocycles. The molecular formula is C26H25Br2N3O4. The maximum Gasteiger partial charge on any atom is 0.355 e. The Kier molecular flexibility index (Phi) is 8.76. The van der Waals surface area contributed by atoms with Crippen LogP contribution >= 0.6 is 31.9 Å². The fourth-order valence-electron chi connectivity index (χ4n) is 4.10. The van der Waals surface area contributed by atoms with Crippen molar-refractivity contribution in [2.24, 2.45) is 5.73 Å². The number of nitrogens with zero attached hydrogens (tertiary/aromatic N) is 2.